The summed E-state index contributed by atoms with van der Waals surface area (Å²) in [5.41, 5.74) is 1.43. The molecular weight excluding hydrogens is 262 g/mol. The van der Waals surface area contributed by atoms with Gasteiger partial charge in [0.2, 0.25) is 0 Å². The lowest BCUT2D eigenvalue weighted by molar-refractivity contribution is 0.600. The molecule has 0 amide bonds. The number of benzene rings is 1. The Bertz CT molecular complexity index is 466. The van der Waals surface area contributed by atoms with E-state index in [1.54, 1.807) is 0 Å². The first kappa shape index (κ1) is 13.9. The fourth-order valence-corrected chi connectivity index (χ4v) is 3.24. The lowest BCUT2D eigenvalue weighted by Crippen LogP contribution is -2.14. The zero-order chi connectivity index (χ0) is 12.6. The summed E-state index contributed by atoms with van der Waals surface area (Å²) in [6.45, 7) is 2.09. The highest BCUT2D eigenvalue weighted by atomic mass is 35.5. The maximum absolute atomic E-state index is 5.65. The molecule has 1 aromatic heterocycles. The third kappa shape index (κ3) is 3.98. The number of fused-ring (bicyclic) bond motifs is 1. The summed E-state index contributed by atoms with van der Waals surface area (Å²) in [6.07, 6.45) is 4.94. The zero-order valence-corrected chi connectivity index (χ0v) is 12.2. The lowest BCUT2D eigenvalue weighted by atomic mass is 10.1. The average Bonchev–Trinajstić information content (AvgIpc) is 2.81. The molecule has 0 atom stereocenters. The van der Waals surface area contributed by atoms with Crippen molar-refractivity contribution in [2.24, 2.45) is 0 Å². The Morgan fingerprint density at radius 2 is 1.89 bits per heavy atom. The Hall–Kier alpha value is -0.570. The van der Waals surface area contributed by atoms with E-state index in [9.17, 15) is 0 Å². The van der Waals surface area contributed by atoms with Gasteiger partial charge in [0.15, 0.2) is 0 Å². The molecule has 2 rings (SSSR count). The van der Waals surface area contributed by atoms with Crippen molar-refractivity contribution in [2.45, 2.75) is 32.2 Å². The van der Waals surface area contributed by atoms with Crippen molar-refractivity contribution >= 4 is 33.0 Å². The molecule has 0 aliphatic carbocycles. The molecule has 0 saturated carbocycles. The molecule has 2 aromatic rings. The number of hydrogen-bond acceptors (Lipinski definition) is 2. The van der Waals surface area contributed by atoms with Gasteiger partial charge in [0.25, 0.3) is 0 Å². The van der Waals surface area contributed by atoms with Crippen LogP contribution in [-0.4, -0.2) is 12.4 Å². The number of thiophene rings is 1. The van der Waals surface area contributed by atoms with Crippen molar-refractivity contribution in [3.8, 4) is 0 Å². The van der Waals surface area contributed by atoms with Gasteiger partial charge in [-0.25, -0.2) is 0 Å². The average molecular weight is 282 g/mol. The molecule has 0 aliphatic rings. The number of rotatable bonds is 8. The fraction of sp³-hybridized carbons (Fsp3) is 0.467. The number of halogens is 1. The highest BCUT2D eigenvalue weighted by molar-refractivity contribution is 7.17. The van der Waals surface area contributed by atoms with Gasteiger partial charge in [-0.15, -0.1) is 22.9 Å². The minimum absolute atomic E-state index is 0.800. The van der Waals surface area contributed by atoms with E-state index >= 15 is 0 Å². The van der Waals surface area contributed by atoms with E-state index in [2.05, 4.69) is 35.0 Å². The summed E-state index contributed by atoms with van der Waals surface area (Å²) in [7, 11) is 0. The topological polar surface area (TPSA) is 12.0 Å². The maximum atomic E-state index is 5.65. The van der Waals surface area contributed by atoms with Crippen LogP contribution in [0.5, 0.6) is 0 Å². The highest BCUT2D eigenvalue weighted by Crippen LogP contribution is 2.25. The summed E-state index contributed by atoms with van der Waals surface area (Å²) in [4.78, 5) is 0. The van der Waals surface area contributed by atoms with Crippen molar-refractivity contribution in [3.63, 3.8) is 0 Å². The second-order valence-corrected chi connectivity index (χ2v) is 5.83. The molecular formula is C15H20ClNS. The Kier molecular flexibility index (Phi) is 5.98. The lowest BCUT2D eigenvalue weighted by Gasteiger charge is -2.04. The number of hydrogen-bond donors (Lipinski definition) is 1. The molecule has 0 fully saturated rings. The van der Waals surface area contributed by atoms with Gasteiger partial charge in [-0.05, 0) is 41.8 Å². The standard InChI is InChI=1S/C15H20ClNS/c16-9-5-1-2-6-10-17-11-13-12-18-15-8-4-3-7-14(13)15/h3-4,7-8,12,17H,1-2,5-6,9-11H2. The first-order valence-electron chi connectivity index (χ1n) is 6.63. The summed E-state index contributed by atoms with van der Waals surface area (Å²) < 4.78 is 1.39. The van der Waals surface area contributed by atoms with Gasteiger partial charge in [-0.2, -0.15) is 0 Å². The van der Waals surface area contributed by atoms with E-state index in [0.29, 0.717) is 0 Å². The monoisotopic (exact) mass is 281 g/mol. The molecule has 3 heteroatoms. The SMILES string of the molecule is ClCCCCCCNCc1csc2ccccc12. The van der Waals surface area contributed by atoms with Crippen LogP contribution in [0.25, 0.3) is 10.1 Å². The van der Waals surface area contributed by atoms with E-state index in [1.165, 1.54) is 34.9 Å². The minimum Gasteiger partial charge on any atom is -0.313 e. The van der Waals surface area contributed by atoms with Crippen molar-refractivity contribution in [1.82, 2.24) is 5.32 Å². The number of alkyl halides is 1. The largest absolute Gasteiger partial charge is 0.313 e. The molecule has 0 bridgehead atoms. The normalized spacial score (nSPS) is 11.2. The first-order valence-corrected chi connectivity index (χ1v) is 8.05. The Morgan fingerprint density at radius 3 is 2.78 bits per heavy atom. The summed E-state index contributed by atoms with van der Waals surface area (Å²) in [5, 5.41) is 7.20. The van der Waals surface area contributed by atoms with Crippen LogP contribution >= 0.6 is 22.9 Å². The van der Waals surface area contributed by atoms with E-state index in [0.717, 1.165) is 25.4 Å². The Labute approximate surface area is 118 Å². The molecule has 1 N–H and O–H groups in total. The molecule has 98 valence electrons. The molecule has 1 heterocycles. The van der Waals surface area contributed by atoms with Gasteiger partial charge in [0, 0.05) is 17.1 Å². The smallest absolute Gasteiger partial charge is 0.0346 e. The van der Waals surface area contributed by atoms with E-state index in [1.807, 2.05) is 11.3 Å². The molecule has 0 radical (unpaired) electrons. The van der Waals surface area contributed by atoms with Crippen molar-refractivity contribution < 1.29 is 0 Å². The molecule has 1 aromatic carbocycles. The second-order valence-electron chi connectivity index (χ2n) is 4.54. The minimum atomic E-state index is 0.800. The first-order chi connectivity index (χ1) is 8.92. The number of nitrogens with one attached hydrogen (secondary N) is 1. The Morgan fingerprint density at radius 1 is 1.06 bits per heavy atom. The summed E-state index contributed by atoms with van der Waals surface area (Å²) >= 11 is 7.48. The van der Waals surface area contributed by atoms with Crippen LogP contribution < -0.4 is 5.32 Å². The second kappa shape index (κ2) is 7.78. The van der Waals surface area contributed by atoms with Crippen LogP contribution in [0.3, 0.4) is 0 Å². The zero-order valence-electron chi connectivity index (χ0n) is 10.6. The van der Waals surface area contributed by atoms with Crippen LogP contribution in [0.1, 0.15) is 31.2 Å². The molecule has 0 aliphatic heterocycles. The van der Waals surface area contributed by atoms with E-state index in [4.69, 9.17) is 11.6 Å². The number of unbranched alkanes of at least 4 members (excludes halogenated alkanes) is 3. The third-order valence-corrected chi connectivity index (χ3v) is 4.39. The van der Waals surface area contributed by atoms with Gasteiger partial charge >= 0.3 is 0 Å². The van der Waals surface area contributed by atoms with Crippen molar-refractivity contribution in [1.29, 1.82) is 0 Å². The van der Waals surface area contributed by atoms with Crippen molar-refractivity contribution in [2.75, 3.05) is 12.4 Å². The van der Waals surface area contributed by atoms with Crippen LogP contribution in [-0.2, 0) is 6.54 Å². The quantitative estimate of drug-likeness (QED) is 0.542. The van der Waals surface area contributed by atoms with E-state index < -0.39 is 0 Å². The summed E-state index contributed by atoms with van der Waals surface area (Å²) in [5.74, 6) is 0.800. The maximum Gasteiger partial charge on any atom is 0.0346 e. The van der Waals surface area contributed by atoms with Gasteiger partial charge in [0.05, 0.1) is 0 Å². The van der Waals surface area contributed by atoms with Crippen LogP contribution in [0, 0.1) is 0 Å². The predicted molar refractivity (Wildman–Crippen MR) is 82.7 cm³/mol. The van der Waals surface area contributed by atoms with Gasteiger partial charge in [0.1, 0.15) is 0 Å². The Balaban J connectivity index is 1.70. The van der Waals surface area contributed by atoms with Crippen LogP contribution in [0.15, 0.2) is 29.6 Å². The van der Waals surface area contributed by atoms with Gasteiger partial charge < -0.3 is 5.32 Å². The van der Waals surface area contributed by atoms with Crippen molar-refractivity contribution in [3.05, 3.63) is 35.2 Å². The van der Waals surface area contributed by atoms with E-state index in [-0.39, 0.29) is 0 Å². The molecule has 1 nitrogen and oxygen atoms in total. The van der Waals surface area contributed by atoms with Crippen LogP contribution in [0.2, 0.25) is 0 Å². The highest BCUT2D eigenvalue weighted by Gasteiger charge is 2.01. The molecule has 18 heavy (non-hydrogen) atoms. The fourth-order valence-electron chi connectivity index (χ4n) is 2.09. The third-order valence-electron chi connectivity index (χ3n) is 3.11. The molecule has 0 spiro atoms. The summed E-state index contributed by atoms with van der Waals surface area (Å²) in [6, 6.07) is 8.62. The molecule has 0 unspecified atom stereocenters. The van der Waals surface area contributed by atoms with Gasteiger partial charge in [-0.3, -0.25) is 0 Å². The van der Waals surface area contributed by atoms with Crippen LogP contribution in [0.4, 0.5) is 0 Å². The molecule has 0 saturated heterocycles. The van der Waals surface area contributed by atoms with Gasteiger partial charge in [-0.1, -0.05) is 31.0 Å². The predicted octanol–water partition coefficient (Wildman–Crippen LogP) is 4.79.